The largest absolute Gasteiger partial charge is 0.462 e. The summed E-state index contributed by atoms with van der Waals surface area (Å²) in [4.78, 5) is 12.6. The number of hydrogen-bond acceptors (Lipinski definition) is 5. The Bertz CT molecular complexity index is 643. The van der Waals surface area contributed by atoms with Crippen LogP contribution >= 0.6 is 0 Å². The van der Waals surface area contributed by atoms with Gasteiger partial charge in [0.05, 0.1) is 0 Å². The molecule has 0 saturated carbocycles. The van der Waals surface area contributed by atoms with Gasteiger partial charge in [0, 0.05) is 13.0 Å². The van der Waals surface area contributed by atoms with Crippen molar-refractivity contribution in [1.82, 2.24) is 5.32 Å². The molecule has 0 aromatic carbocycles. The summed E-state index contributed by atoms with van der Waals surface area (Å²) in [6, 6.07) is 0. The van der Waals surface area contributed by atoms with Crippen LogP contribution in [0, 0.1) is 0 Å². The molecule has 48 heavy (non-hydrogen) atoms. The third-order valence-electron chi connectivity index (χ3n) is 10.2. The summed E-state index contributed by atoms with van der Waals surface area (Å²) in [7, 11) is 0. The van der Waals surface area contributed by atoms with E-state index in [0.717, 1.165) is 45.4 Å². The third-order valence-corrected chi connectivity index (χ3v) is 10.2. The normalized spacial score (nSPS) is 15.8. The number of nitrogens with one attached hydrogen (secondary N) is 1. The molecule has 2 unspecified atom stereocenters. The first-order valence-corrected chi connectivity index (χ1v) is 21.9. The Morgan fingerprint density at radius 1 is 0.542 bits per heavy atom. The van der Waals surface area contributed by atoms with Crippen molar-refractivity contribution in [3.05, 3.63) is 0 Å². The number of ether oxygens (including phenoxy) is 3. The van der Waals surface area contributed by atoms with E-state index in [4.69, 9.17) is 14.2 Å². The average molecular weight is 680 g/mol. The first kappa shape index (κ1) is 45.4. The fourth-order valence-corrected chi connectivity index (χ4v) is 6.85. The number of carbonyl (C=O) groups excluding carboxylic acids is 1. The van der Waals surface area contributed by atoms with E-state index in [1.165, 1.54) is 180 Å². The van der Waals surface area contributed by atoms with Crippen LogP contribution in [0.3, 0.4) is 0 Å². The monoisotopic (exact) mass is 680 g/mol. The second kappa shape index (κ2) is 36.2. The van der Waals surface area contributed by atoms with Gasteiger partial charge in [-0.2, -0.15) is 0 Å². The molecule has 1 N–H and O–H groups in total. The minimum absolute atomic E-state index is 0.0480. The molecular weight excluding hydrogens is 594 g/mol. The number of carbonyl (C=O) groups is 1. The van der Waals surface area contributed by atoms with Gasteiger partial charge in [0.15, 0.2) is 6.29 Å². The number of unbranched alkanes of at least 4 members (excludes halogenated alkanes) is 24. The van der Waals surface area contributed by atoms with Gasteiger partial charge in [0.2, 0.25) is 0 Å². The summed E-state index contributed by atoms with van der Waals surface area (Å²) in [5.41, 5.74) is 0. The van der Waals surface area contributed by atoms with E-state index < -0.39 is 0 Å². The molecule has 0 aliphatic carbocycles. The molecule has 1 fully saturated rings. The van der Waals surface area contributed by atoms with Gasteiger partial charge in [0.1, 0.15) is 12.2 Å². The highest BCUT2D eigenvalue weighted by atomic mass is 16.8. The highest BCUT2D eigenvalue weighted by Gasteiger charge is 2.38. The van der Waals surface area contributed by atoms with E-state index in [-0.39, 0.29) is 18.4 Å². The van der Waals surface area contributed by atoms with Crippen LogP contribution in [0.5, 0.6) is 0 Å². The Labute approximate surface area is 300 Å². The lowest BCUT2D eigenvalue weighted by Crippen LogP contribution is -2.18. The predicted octanol–water partition coefficient (Wildman–Crippen LogP) is 13.2. The second-order valence-electron chi connectivity index (χ2n) is 15.1. The molecule has 286 valence electrons. The van der Waals surface area contributed by atoms with Crippen LogP contribution in [-0.4, -0.2) is 44.2 Å². The zero-order valence-electron chi connectivity index (χ0n) is 32.8. The van der Waals surface area contributed by atoms with Crippen LogP contribution in [-0.2, 0) is 19.0 Å². The minimum Gasteiger partial charge on any atom is -0.462 e. The van der Waals surface area contributed by atoms with Crippen molar-refractivity contribution in [2.45, 2.75) is 251 Å². The Kier molecular flexibility index (Phi) is 34.2. The molecule has 1 saturated heterocycles. The van der Waals surface area contributed by atoms with Crippen molar-refractivity contribution in [2.24, 2.45) is 0 Å². The van der Waals surface area contributed by atoms with Gasteiger partial charge in [-0.1, -0.05) is 168 Å². The molecule has 0 radical (unpaired) electrons. The molecule has 0 spiro atoms. The molecule has 0 amide bonds. The summed E-state index contributed by atoms with van der Waals surface area (Å²) in [6.45, 7) is 9.96. The molecule has 0 aromatic heterocycles. The summed E-state index contributed by atoms with van der Waals surface area (Å²) < 4.78 is 17.6. The first-order valence-electron chi connectivity index (χ1n) is 21.9. The van der Waals surface area contributed by atoms with E-state index in [0.29, 0.717) is 12.5 Å². The quantitative estimate of drug-likeness (QED) is 0.0397. The molecular formula is C43H85NO4. The number of hydrogen-bond donors (Lipinski definition) is 1. The zero-order valence-corrected chi connectivity index (χ0v) is 32.8. The third kappa shape index (κ3) is 31.3. The lowest BCUT2D eigenvalue weighted by atomic mass is 10.0. The van der Waals surface area contributed by atoms with E-state index >= 15 is 0 Å². The maximum atomic E-state index is 12.6. The lowest BCUT2D eigenvalue weighted by molar-refractivity contribution is -0.150. The number of rotatable bonds is 40. The van der Waals surface area contributed by atoms with Crippen molar-refractivity contribution in [1.29, 1.82) is 0 Å². The van der Waals surface area contributed by atoms with Crippen LogP contribution in [0.15, 0.2) is 0 Å². The second-order valence-corrected chi connectivity index (χ2v) is 15.1. The highest BCUT2D eigenvalue weighted by molar-refractivity contribution is 5.69. The van der Waals surface area contributed by atoms with E-state index in [2.05, 4.69) is 26.1 Å². The van der Waals surface area contributed by atoms with Gasteiger partial charge in [-0.25, -0.2) is 0 Å². The molecule has 1 aliphatic heterocycles. The van der Waals surface area contributed by atoms with Crippen molar-refractivity contribution in [3.63, 3.8) is 0 Å². The molecule has 5 nitrogen and oxygen atoms in total. The number of esters is 1. The van der Waals surface area contributed by atoms with Crippen molar-refractivity contribution >= 4 is 5.97 Å². The van der Waals surface area contributed by atoms with Crippen molar-refractivity contribution in [2.75, 3.05) is 19.7 Å². The molecule has 2 atom stereocenters. The van der Waals surface area contributed by atoms with Crippen molar-refractivity contribution in [3.8, 4) is 0 Å². The molecule has 0 aromatic rings. The van der Waals surface area contributed by atoms with Crippen LogP contribution in [0.2, 0.25) is 0 Å². The Hall–Kier alpha value is -0.650. The number of epoxide rings is 1. The standard InChI is InChI=1S/C43H85NO4/c1-4-7-10-13-16-25-32-39-46-43-41(48-43)35-28-21-17-23-30-37-44-38-31-24-18-22-29-36-42(45)47-40(33-26-19-14-11-8-5-2)34-27-20-15-12-9-6-3/h40-41,43-44H,4-39H2,1-3H3. The fourth-order valence-electron chi connectivity index (χ4n) is 6.85. The van der Waals surface area contributed by atoms with Crippen LogP contribution < -0.4 is 5.32 Å². The van der Waals surface area contributed by atoms with Gasteiger partial charge < -0.3 is 19.5 Å². The maximum Gasteiger partial charge on any atom is 0.306 e. The van der Waals surface area contributed by atoms with Crippen LogP contribution in [0.4, 0.5) is 0 Å². The minimum atomic E-state index is 0.0480. The first-order chi connectivity index (χ1) is 23.7. The lowest BCUT2D eigenvalue weighted by Gasteiger charge is -2.18. The maximum absolute atomic E-state index is 12.6. The SMILES string of the molecule is CCCCCCCCCOC1OC1CCCCCCCNCCCCCCCC(=O)OC(CCCCCCCC)CCCCCCCC. The van der Waals surface area contributed by atoms with Gasteiger partial charge in [-0.3, -0.25) is 4.79 Å². The summed E-state index contributed by atoms with van der Waals surface area (Å²) in [5, 5.41) is 3.63. The summed E-state index contributed by atoms with van der Waals surface area (Å²) in [6.07, 6.45) is 41.8. The van der Waals surface area contributed by atoms with Gasteiger partial charge in [-0.15, -0.1) is 0 Å². The smallest absolute Gasteiger partial charge is 0.306 e. The van der Waals surface area contributed by atoms with Gasteiger partial charge in [-0.05, 0) is 70.9 Å². The summed E-state index contributed by atoms with van der Waals surface area (Å²) >= 11 is 0. The van der Waals surface area contributed by atoms with Crippen LogP contribution in [0.25, 0.3) is 0 Å². The molecule has 0 bridgehead atoms. The predicted molar refractivity (Wildman–Crippen MR) is 207 cm³/mol. The highest BCUT2D eigenvalue weighted by Crippen LogP contribution is 2.29. The van der Waals surface area contributed by atoms with Crippen molar-refractivity contribution < 1.29 is 19.0 Å². The molecule has 1 rings (SSSR count). The zero-order chi connectivity index (χ0) is 34.6. The van der Waals surface area contributed by atoms with E-state index in [9.17, 15) is 4.79 Å². The molecule has 1 heterocycles. The topological polar surface area (TPSA) is 60.1 Å². The Morgan fingerprint density at radius 2 is 0.979 bits per heavy atom. The average Bonchev–Trinajstić information content (AvgIpc) is 3.84. The van der Waals surface area contributed by atoms with E-state index in [1.54, 1.807) is 0 Å². The molecule has 1 aliphatic rings. The Morgan fingerprint density at radius 3 is 1.52 bits per heavy atom. The summed E-state index contributed by atoms with van der Waals surface area (Å²) in [5.74, 6) is 0.0480. The molecule has 5 heteroatoms. The van der Waals surface area contributed by atoms with Gasteiger partial charge in [0.25, 0.3) is 0 Å². The Balaban J connectivity index is 1.88. The fraction of sp³-hybridized carbons (Fsp3) is 0.977. The van der Waals surface area contributed by atoms with E-state index in [1.807, 2.05) is 0 Å². The van der Waals surface area contributed by atoms with Crippen LogP contribution in [0.1, 0.15) is 233 Å². The van der Waals surface area contributed by atoms with Gasteiger partial charge >= 0.3 is 5.97 Å².